The smallest absolute Gasteiger partial charge is 0.305 e. The van der Waals surface area contributed by atoms with E-state index >= 15 is 0 Å². The number of carbonyl (C=O) groups is 2. The molecule has 0 aliphatic rings. The maximum absolute atomic E-state index is 12.5. The van der Waals surface area contributed by atoms with Crippen LogP contribution in [0, 0.1) is 0 Å². The van der Waals surface area contributed by atoms with Gasteiger partial charge in [-0.25, -0.2) is 0 Å². The van der Waals surface area contributed by atoms with Gasteiger partial charge < -0.3 is 20.3 Å². The van der Waals surface area contributed by atoms with Crippen molar-refractivity contribution in [1.82, 2.24) is 5.32 Å². The first kappa shape index (κ1) is 71.6. The predicted octanol–water partition coefficient (Wildman–Crippen LogP) is 21.2. The quantitative estimate of drug-likeness (QED) is 0.0320. The molecular weight excluding hydrogens is 899 g/mol. The summed E-state index contributed by atoms with van der Waals surface area (Å²) in [5, 5.41) is 23.2. The molecule has 6 nitrogen and oxygen atoms in total. The van der Waals surface area contributed by atoms with Crippen molar-refractivity contribution in [2.24, 2.45) is 0 Å². The Morgan fingerprint density at radius 1 is 0.370 bits per heavy atom. The van der Waals surface area contributed by atoms with Crippen molar-refractivity contribution in [3.05, 3.63) is 12.2 Å². The fourth-order valence-corrected chi connectivity index (χ4v) is 10.7. The third-order valence-corrected chi connectivity index (χ3v) is 15.8. The van der Waals surface area contributed by atoms with E-state index in [-0.39, 0.29) is 18.5 Å². The van der Waals surface area contributed by atoms with Crippen LogP contribution in [0.5, 0.6) is 0 Å². The lowest BCUT2D eigenvalue weighted by molar-refractivity contribution is -0.143. The number of allylic oxidation sites excluding steroid dienone is 2. The van der Waals surface area contributed by atoms with Gasteiger partial charge in [-0.1, -0.05) is 328 Å². The van der Waals surface area contributed by atoms with E-state index in [9.17, 15) is 19.8 Å². The van der Waals surface area contributed by atoms with E-state index in [1.807, 2.05) is 0 Å². The molecule has 0 aromatic heterocycles. The molecule has 0 radical (unpaired) electrons. The van der Waals surface area contributed by atoms with Crippen molar-refractivity contribution < 1.29 is 24.5 Å². The summed E-state index contributed by atoms with van der Waals surface area (Å²) in [5.41, 5.74) is 0. The number of nitrogens with one attached hydrogen (secondary N) is 1. The zero-order chi connectivity index (χ0) is 52.9. The number of amides is 1. The maximum atomic E-state index is 12.5. The van der Waals surface area contributed by atoms with Crippen LogP contribution in [0.3, 0.4) is 0 Å². The molecule has 0 heterocycles. The minimum atomic E-state index is -0.660. The van der Waals surface area contributed by atoms with Gasteiger partial charge in [0.25, 0.3) is 0 Å². The average molecular weight is 1030 g/mol. The van der Waals surface area contributed by atoms with Gasteiger partial charge in [0.15, 0.2) is 0 Å². The summed E-state index contributed by atoms with van der Waals surface area (Å²) in [5.74, 6) is -0.0112. The number of aliphatic hydroxyl groups excluding tert-OH is 2. The molecule has 2 unspecified atom stereocenters. The molecule has 0 saturated heterocycles. The molecule has 1 amide bonds. The molecule has 2 atom stereocenters. The van der Waals surface area contributed by atoms with Crippen molar-refractivity contribution in [2.75, 3.05) is 13.2 Å². The van der Waals surface area contributed by atoms with Gasteiger partial charge in [-0.15, -0.1) is 0 Å². The molecule has 434 valence electrons. The second-order valence-electron chi connectivity index (χ2n) is 23.2. The number of ether oxygens (including phenoxy) is 1. The highest BCUT2D eigenvalue weighted by Gasteiger charge is 2.20. The Labute approximate surface area is 457 Å². The molecule has 73 heavy (non-hydrogen) atoms. The van der Waals surface area contributed by atoms with E-state index in [4.69, 9.17) is 4.74 Å². The van der Waals surface area contributed by atoms with Crippen LogP contribution >= 0.6 is 0 Å². The fraction of sp³-hybridized carbons (Fsp3) is 0.940. The van der Waals surface area contributed by atoms with E-state index in [1.165, 1.54) is 308 Å². The van der Waals surface area contributed by atoms with Gasteiger partial charge in [0, 0.05) is 12.8 Å². The van der Waals surface area contributed by atoms with Gasteiger partial charge in [0.1, 0.15) is 0 Å². The zero-order valence-corrected chi connectivity index (χ0v) is 49.6. The first-order valence-corrected chi connectivity index (χ1v) is 33.4. The minimum Gasteiger partial charge on any atom is -0.466 e. The first-order valence-electron chi connectivity index (χ1n) is 33.4. The number of rotatable bonds is 63. The van der Waals surface area contributed by atoms with Crippen molar-refractivity contribution >= 4 is 11.9 Å². The first-order chi connectivity index (χ1) is 36.0. The molecule has 6 heteroatoms. The molecule has 3 N–H and O–H groups in total. The highest BCUT2D eigenvalue weighted by Crippen LogP contribution is 2.19. The topological polar surface area (TPSA) is 95.9 Å². The van der Waals surface area contributed by atoms with Crippen molar-refractivity contribution in [2.45, 2.75) is 392 Å². The molecular formula is C67H131NO5. The number of unbranched alkanes of at least 4 members (excludes halogenated alkanes) is 50. The van der Waals surface area contributed by atoms with Crippen molar-refractivity contribution in [3.8, 4) is 0 Å². The summed E-state index contributed by atoms with van der Waals surface area (Å²) in [6, 6.07) is -0.537. The zero-order valence-electron chi connectivity index (χ0n) is 49.6. The molecule has 0 fully saturated rings. The Balaban J connectivity index is 3.33. The summed E-state index contributed by atoms with van der Waals surface area (Å²) >= 11 is 0. The van der Waals surface area contributed by atoms with Crippen LogP contribution in [0.4, 0.5) is 0 Å². The molecule has 0 aliphatic carbocycles. The van der Waals surface area contributed by atoms with Crippen LogP contribution in [-0.2, 0) is 14.3 Å². The number of hydrogen-bond acceptors (Lipinski definition) is 5. The summed E-state index contributed by atoms with van der Waals surface area (Å²) in [6.45, 7) is 4.98. The van der Waals surface area contributed by atoms with Gasteiger partial charge in [-0.05, 0) is 51.4 Å². The van der Waals surface area contributed by atoms with Gasteiger partial charge >= 0.3 is 5.97 Å². The molecule has 0 spiro atoms. The SMILES string of the molecule is CCCCCCCCCCCCCCC(=O)OCCCCCCCCCCCCCC/C=C\CCCCCCCCCCCCCCCCCCC(=O)NC(CO)C(O)CCCCCCCCCCCCCC. The lowest BCUT2D eigenvalue weighted by Gasteiger charge is -2.22. The fourth-order valence-electron chi connectivity index (χ4n) is 10.7. The van der Waals surface area contributed by atoms with E-state index in [0.29, 0.717) is 25.9 Å². The lowest BCUT2D eigenvalue weighted by Crippen LogP contribution is -2.45. The molecule has 0 aromatic carbocycles. The second kappa shape index (κ2) is 63.1. The largest absolute Gasteiger partial charge is 0.466 e. The monoisotopic (exact) mass is 1030 g/mol. The van der Waals surface area contributed by atoms with Gasteiger partial charge in [-0.3, -0.25) is 9.59 Å². The summed E-state index contributed by atoms with van der Waals surface area (Å²) < 4.78 is 5.48. The molecule has 0 aromatic rings. The van der Waals surface area contributed by atoms with Crippen molar-refractivity contribution in [3.63, 3.8) is 0 Å². The summed E-state index contributed by atoms with van der Waals surface area (Å²) in [6.07, 6.45) is 76.9. The van der Waals surface area contributed by atoms with Crippen LogP contribution in [0.15, 0.2) is 12.2 Å². The Kier molecular flexibility index (Phi) is 61.9. The van der Waals surface area contributed by atoms with Crippen LogP contribution in [0.2, 0.25) is 0 Å². The third-order valence-electron chi connectivity index (χ3n) is 15.8. The Morgan fingerprint density at radius 2 is 0.644 bits per heavy atom. The lowest BCUT2D eigenvalue weighted by atomic mass is 10.0. The maximum Gasteiger partial charge on any atom is 0.305 e. The van der Waals surface area contributed by atoms with Crippen LogP contribution in [-0.4, -0.2) is 47.4 Å². The second-order valence-corrected chi connectivity index (χ2v) is 23.2. The molecule has 0 rings (SSSR count). The Morgan fingerprint density at radius 3 is 0.973 bits per heavy atom. The number of esters is 1. The number of hydrogen-bond donors (Lipinski definition) is 3. The van der Waals surface area contributed by atoms with Crippen LogP contribution in [0.25, 0.3) is 0 Å². The highest BCUT2D eigenvalue weighted by molar-refractivity contribution is 5.76. The van der Waals surface area contributed by atoms with E-state index < -0.39 is 12.1 Å². The number of aliphatic hydroxyl groups is 2. The summed E-state index contributed by atoms with van der Waals surface area (Å²) in [4.78, 5) is 24.5. The Bertz CT molecular complexity index is 1100. The molecule has 0 bridgehead atoms. The van der Waals surface area contributed by atoms with E-state index in [0.717, 1.165) is 38.5 Å². The Hall–Kier alpha value is -1.40. The van der Waals surface area contributed by atoms with Gasteiger partial charge in [0.05, 0.1) is 25.4 Å². The molecule has 0 saturated carbocycles. The van der Waals surface area contributed by atoms with E-state index in [2.05, 4.69) is 31.3 Å². The highest BCUT2D eigenvalue weighted by atomic mass is 16.5. The van der Waals surface area contributed by atoms with Crippen molar-refractivity contribution in [1.29, 1.82) is 0 Å². The number of carbonyl (C=O) groups excluding carboxylic acids is 2. The van der Waals surface area contributed by atoms with Crippen LogP contribution < -0.4 is 5.32 Å². The standard InChI is InChI=1S/C67H131NO5/c1-3-5-7-9-11-13-15-39-43-47-51-55-59-65(70)64(63-69)68-66(71)60-56-52-48-44-40-37-35-33-31-29-27-25-23-21-19-17-18-20-22-24-26-28-30-32-34-36-38-42-46-50-54-58-62-73-67(72)61-57-53-49-45-41-16-14-12-10-8-6-4-2/h20,22,64-65,69-70H,3-19,21,23-63H2,1-2H3,(H,68,71)/b22-20-. The summed E-state index contributed by atoms with van der Waals surface area (Å²) in [7, 11) is 0. The third kappa shape index (κ3) is 59.7. The minimum absolute atomic E-state index is 0.0195. The van der Waals surface area contributed by atoms with Gasteiger partial charge in [0.2, 0.25) is 5.91 Å². The normalized spacial score (nSPS) is 12.5. The predicted molar refractivity (Wildman–Crippen MR) is 320 cm³/mol. The molecule has 0 aliphatic heterocycles. The van der Waals surface area contributed by atoms with Crippen LogP contribution in [0.1, 0.15) is 380 Å². The van der Waals surface area contributed by atoms with E-state index in [1.54, 1.807) is 0 Å². The average Bonchev–Trinajstić information content (AvgIpc) is 3.39. The van der Waals surface area contributed by atoms with Gasteiger partial charge in [-0.2, -0.15) is 0 Å².